The van der Waals surface area contributed by atoms with E-state index in [-0.39, 0.29) is 22.6 Å². The standard InChI is InChI=1S/C12H11FN2O2/c13-9-7(5-16)3-4-8-11(9)15-12(17)10(14-8)6-1-2-6/h3-4,6,16H,1-2,5H2,(H,15,17). The Hall–Kier alpha value is -1.75. The fourth-order valence-electron chi connectivity index (χ4n) is 1.93. The maximum absolute atomic E-state index is 13.8. The zero-order chi connectivity index (χ0) is 12.0. The smallest absolute Gasteiger partial charge is 0.270 e. The number of fused-ring (bicyclic) bond motifs is 1. The molecule has 0 amide bonds. The van der Waals surface area contributed by atoms with Gasteiger partial charge in [-0.05, 0) is 18.9 Å². The van der Waals surface area contributed by atoms with Gasteiger partial charge in [0.2, 0.25) is 0 Å². The van der Waals surface area contributed by atoms with Gasteiger partial charge in [0.05, 0.1) is 12.1 Å². The highest BCUT2D eigenvalue weighted by atomic mass is 19.1. The van der Waals surface area contributed by atoms with Gasteiger partial charge < -0.3 is 10.1 Å². The van der Waals surface area contributed by atoms with Gasteiger partial charge >= 0.3 is 0 Å². The molecule has 0 spiro atoms. The van der Waals surface area contributed by atoms with Crippen LogP contribution in [0, 0.1) is 5.82 Å². The van der Waals surface area contributed by atoms with E-state index in [0.29, 0.717) is 11.2 Å². The topological polar surface area (TPSA) is 66.0 Å². The Balaban J connectivity index is 2.29. The summed E-state index contributed by atoms with van der Waals surface area (Å²) in [5.74, 6) is -0.374. The Morgan fingerprint density at radius 3 is 2.88 bits per heavy atom. The van der Waals surface area contributed by atoms with Crippen molar-refractivity contribution in [2.75, 3.05) is 0 Å². The van der Waals surface area contributed by atoms with Crippen LogP contribution < -0.4 is 5.56 Å². The van der Waals surface area contributed by atoms with E-state index in [0.717, 1.165) is 12.8 Å². The first-order chi connectivity index (χ1) is 8.20. The fraction of sp³-hybridized carbons (Fsp3) is 0.333. The maximum atomic E-state index is 13.8. The molecule has 1 aliphatic carbocycles. The monoisotopic (exact) mass is 234 g/mol. The molecule has 0 bridgehead atoms. The molecule has 0 radical (unpaired) electrons. The van der Waals surface area contributed by atoms with Gasteiger partial charge in [0.25, 0.3) is 5.56 Å². The molecule has 2 aromatic rings. The summed E-state index contributed by atoms with van der Waals surface area (Å²) in [6.45, 7) is -0.395. The first-order valence-corrected chi connectivity index (χ1v) is 5.53. The van der Waals surface area contributed by atoms with Crippen LogP contribution in [0.3, 0.4) is 0 Å². The largest absolute Gasteiger partial charge is 0.392 e. The molecular weight excluding hydrogens is 223 g/mol. The van der Waals surface area contributed by atoms with Gasteiger partial charge in [0.1, 0.15) is 11.2 Å². The summed E-state index contributed by atoms with van der Waals surface area (Å²) in [6, 6.07) is 3.10. The number of halogens is 1. The molecule has 1 aromatic carbocycles. The van der Waals surface area contributed by atoms with Crippen LogP contribution in [-0.2, 0) is 6.61 Å². The number of aromatic amines is 1. The van der Waals surface area contributed by atoms with E-state index >= 15 is 0 Å². The quantitative estimate of drug-likeness (QED) is 0.826. The van der Waals surface area contributed by atoms with Crippen molar-refractivity contribution in [3.8, 4) is 0 Å². The minimum atomic E-state index is -0.600. The van der Waals surface area contributed by atoms with Gasteiger partial charge in [-0.1, -0.05) is 6.07 Å². The molecule has 5 heteroatoms. The Bertz CT molecular complexity index is 647. The van der Waals surface area contributed by atoms with Crippen LogP contribution in [0.5, 0.6) is 0 Å². The Labute approximate surface area is 96.1 Å². The molecule has 1 aromatic heterocycles. The minimum Gasteiger partial charge on any atom is -0.392 e. The van der Waals surface area contributed by atoms with Crippen molar-refractivity contribution in [3.63, 3.8) is 0 Å². The highest BCUT2D eigenvalue weighted by Gasteiger charge is 2.28. The number of H-pyrrole nitrogens is 1. The molecule has 1 heterocycles. The van der Waals surface area contributed by atoms with Crippen molar-refractivity contribution >= 4 is 11.0 Å². The van der Waals surface area contributed by atoms with Crippen LogP contribution in [0.2, 0.25) is 0 Å². The molecule has 0 aliphatic heterocycles. The molecule has 1 fully saturated rings. The van der Waals surface area contributed by atoms with E-state index in [9.17, 15) is 9.18 Å². The highest BCUT2D eigenvalue weighted by molar-refractivity contribution is 5.75. The van der Waals surface area contributed by atoms with E-state index in [1.807, 2.05) is 0 Å². The van der Waals surface area contributed by atoms with Crippen molar-refractivity contribution < 1.29 is 9.50 Å². The van der Waals surface area contributed by atoms with Crippen molar-refractivity contribution in [1.82, 2.24) is 9.97 Å². The van der Waals surface area contributed by atoms with E-state index < -0.39 is 12.4 Å². The Kier molecular flexibility index (Phi) is 2.22. The third kappa shape index (κ3) is 1.63. The second-order valence-corrected chi connectivity index (χ2v) is 4.32. The lowest BCUT2D eigenvalue weighted by atomic mass is 10.1. The number of aromatic nitrogens is 2. The second kappa shape index (κ2) is 3.63. The van der Waals surface area contributed by atoms with Crippen LogP contribution in [0.25, 0.3) is 11.0 Å². The summed E-state index contributed by atoms with van der Waals surface area (Å²) in [6.07, 6.45) is 1.94. The van der Waals surface area contributed by atoms with Crippen molar-refractivity contribution in [3.05, 3.63) is 39.6 Å². The third-order valence-electron chi connectivity index (χ3n) is 3.05. The number of hydrogen-bond acceptors (Lipinski definition) is 3. The molecule has 4 nitrogen and oxygen atoms in total. The highest BCUT2D eigenvalue weighted by Crippen LogP contribution is 2.37. The molecule has 88 valence electrons. The molecule has 17 heavy (non-hydrogen) atoms. The molecule has 2 N–H and O–H groups in total. The van der Waals surface area contributed by atoms with E-state index in [2.05, 4.69) is 9.97 Å². The average Bonchev–Trinajstić information content (AvgIpc) is 3.14. The van der Waals surface area contributed by atoms with E-state index in [1.165, 1.54) is 6.07 Å². The minimum absolute atomic E-state index is 0.0750. The van der Waals surface area contributed by atoms with Gasteiger partial charge in [-0.2, -0.15) is 0 Å². The summed E-state index contributed by atoms with van der Waals surface area (Å²) in [5.41, 5.74) is 0.837. The molecule has 3 rings (SSSR count). The van der Waals surface area contributed by atoms with Crippen molar-refractivity contribution in [2.45, 2.75) is 25.4 Å². The Morgan fingerprint density at radius 1 is 1.47 bits per heavy atom. The van der Waals surface area contributed by atoms with Gasteiger partial charge in [0, 0.05) is 11.5 Å². The number of hydrogen-bond donors (Lipinski definition) is 2. The summed E-state index contributed by atoms with van der Waals surface area (Å²) in [5, 5.41) is 8.95. The average molecular weight is 234 g/mol. The molecule has 1 saturated carbocycles. The van der Waals surface area contributed by atoms with E-state index in [4.69, 9.17) is 5.11 Å². The third-order valence-corrected chi connectivity index (χ3v) is 3.05. The first-order valence-electron chi connectivity index (χ1n) is 5.53. The second-order valence-electron chi connectivity index (χ2n) is 4.32. The van der Waals surface area contributed by atoms with E-state index in [1.54, 1.807) is 6.07 Å². The zero-order valence-corrected chi connectivity index (χ0v) is 9.03. The van der Waals surface area contributed by atoms with Gasteiger partial charge in [-0.3, -0.25) is 4.79 Å². The number of nitrogens with zero attached hydrogens (tertiary/aromatic N) is 1. The van der Waals surface area contributed by atoms with Crippen LogP contribution in [-0.4, -0.2) is 15.1 Å². The number of aliphatic hydroxyl groups is 1. The van der Waals surface area contributed by atoms with Crippen LogP contribution >= 0.6 is 0 Å². The zero-order valence-electron chi connectivity index (χ0n) is 9.03. The van der Waals surface area contributed by atoms with Crippen LogP contribution in [0.4, 0.5) is 4.39 Å². The van der Waals surface area contributed by atoms with Crippen LogP contribution in [0.1, 0.15) is 30.0 Å². The number of nitrogens with one attached hydrogen (secondary N) is 1. The SMILES string of the molecule is O=c1[nH]c2c(F)c(CO)ccc2nc1C1CC1. The lowest BCUT2D eigenvalue weighted by Gasteiger charge is -2.05. The number of benzene rings is 1. The normalized spacial score (nSPS) is 15.4. The predicted molar refractivity (Wildman–Crippen MR) is 60.2 cm³/mol. The molecular formula is C12H11FN2O2. The van der Waals surface area contributed by atoms with Gasteiger partial charge in [-0.15, -0.1) is 0 Å². The fourth-order valence-corrected chi connectivity index (χ4v) is 1.93. The predicted octanol–water partition coefficient (Wildman–Crippen LogP) is 1.43. The van der Waals surface area contributed by atoms with Gasteiger partial charge in [-0.25, -0.2) is 9.37 Å². The Morgan fingerprint density at radius 2 is 2.24 bits per heavy atom. The molecule has 0 atom stereocenters. The summed E-state index contributed by atoms with van der Waals surface area (Å²) < 4.78 is 13.8. The number of aliphatic hydroxyl groups excluding tert-OH is 1. The van der Waals surface area contributed by atoms with Crippen molar-refractivity contribution in [1.29, 1.82) is 0 Å². The lowest BCUT2D eigenvalue weighted by molar-refractivity contribution is 0.276. The summed E-state index contributed by atoms with van der Waals surface area (Å²) in [7, 11) is 0. The summed E-state index contributed by atoms with van der Waals surface area (Å²) in [4.78, 5) is 18.4. The lowest BCUT2D eigenvalue weighted by Crippen LogP contribution is -2.15. The molecule has 0 saturated heterocycles. The van der Waals surface area contributed by atoms with Crippen LogP contribution in [0.15, 0.2) is 16.9 Å². The first kappa shape index (κ1) is 10.4. The van der Waals surface area contributed by atoms with Crippen molar-refractivity contribution in [2.24, 2.45) is 0 Å². The number of rotatable bonds is 2. The summed E-state index contributed by atoms with van der Waals surface area (Å²) >= 11 is 0. The molecule has 0 unspecified atom stereocenters. The van der Waals surface area contributed by atoms with Gasteiger partial charge in [0.15, 0.2) is 5.82 Å². The maximum Gasteiger partial charge on any atom is 0.270 e. The molecule has 1 aliphatic rings.